The Morgan fingerprint density at radius 2 is 0.783 bits per heavy atom. The van der Waals surface area contributed by atoms with Gasteiger partial charge in [-0.15, -0.1) is 0 Å². The van der Waals surface area contributed by atoms with Crippen LogP contribution < -0.4 is 49.6 Å². The Labute approximate surface area is 181 Å². The number of carbonyl (C=O) groups is 2. The van der Waals surface area contributed by atoms with Crippen LogP contribution in [-0.4, -0.2) is 11.6 Å². The van der Waals surface area contributed by atoms with Crippen molar-refractivity contribution in [1.29, 1.82) is 0 Å². The normalized spacial score (nSPS) is 7.04. The summed E-state index contributed by atoms with van der Waals surface area (Å²) in [4.78, 5) is 21.3. The molecule has 2 aromatic carbocycles. The number of hydrogen-bond acceptors (Lipinski definition) is 2. The number of halogens is 4. The van der Waals surface area contributed by atoms with Gasteiger partial charge in [-0.1, -0.05) is 60.7 Å². The molecule has 0 heterocycles. The van der Waals surface area contributed by atoms with E-state index in [0.29, 0.717) is 0 Å². The molecule has 0 radical (unpaired) electrons. The van der Waals surface area contributed by atoms with Crippen LogP contribution in [-0.2, 0) is 26.2 Å². The molecule has 0 amide bonds. The molecule has 2 nitrogen and oxygen atoms in total. The Morgan fingerprint density at radius 1 is 0.565 bits per heavy atom. The zero-order valence-electron chi connectivity index (χ0n) is 12.6. The summed E-state index contributed by atoms with van der Waals surface area (Å²) in [5, 5.41) is 0. The van der Waals surface area contributed by atoms with Crippen LogP contribution in [0.5, 0.6) is 0 Å². The van der Waals surface area contributed by atoms with Gasteiger partial charge in [0.15, 0.2) is 11.6 Å². The quantitative estimate of drug-likeness (QED) is 0.407. The first-order valence-electron chi connectivity index (χ1n) is 5.73. The number of benzene rings is 2. The van der Waals surface area contributed by atoms with Gasteiger partial charge in [-0.05, 0) is 13.8 Å². The van der Waals surface area contributed by atoms with Gasteiger partial charge in [0.05, 0.1) is 0 Å². The first-order valence-corrected chi connectivity index (χ1v) is 5.73. The second kappa shape index (κ2) is 19.9. The predicted octanol–water partition coefficient (Wildman–Crippen LogP) is -8.21. The summed E-state index contributed by atoms with van der Waals surface area (Å²) in [6, 6.07) is 18.5. The van der Waals surface area contributed by atoms with Crippen LogP contribution in [0.15, 0.2) is 60.7 Å². The summed E-state index contributed by atoms with van der Waals surface area (Å²) in [6.07, 6.45) is 0. The molecule has 2 rings (SSSR count). The Hall–Kier alpha value is -0.177. The molecule has 0 fully saturated rings. The van der Waals surface area contributed by atoms with Gasteiger partial charge in [-0.3, -0.25) is 9.59 Å². The van der Waals surface area contributed by atoms with Gasteiger partial charge in [-0.25, -0.2) is 0 Å². The second-order valence-electron chi connectivity index (χ2n) is 3.84. The van der Waals surface area contributed by atoms with Gasteiger partial charge < -0.3 is 49.6 Å². The Bertz CT molecular complexity index is 473. The van der Waals surface area contributed by atoms with Crippen LogP contribution in [0.25, 0.3) is 0 Å². The van der Waals surface area contributed by atoms with E-state index in [4.69, 9.17) is 0 Å². The number of hydrogen-bond donors (Lipinski definition) is 0. The van der Waals surface area contributed by atoms with Crippen molar-refractivity contribution in [3.63, 3.8) is 0 Å². The van der Waals surface area contributed by atoms with Crippen molar-refractivity contribution in [3.05, 3.63) is 71.8 Å². The van der Waals surface area contributed by atoms with E-state index in [1.807, 2.05) is 60.7 Å². The summed E-state index contributed by atoms with van der Waals surface area (Å²) in [7, 11) is 0. The van der Waals surface area contributed by atoms with E-state index >= 15 is 0 Å². The molecule has 0 aliphatic carbocycles. The summed E-state index contributed by atoms with van der Waals surface area (Å²) >= 11 is 0. The maximum Gasteiger partial charge on any atom is 4.00 e. The Kier molecular flexibility index (Phi) is 29.6. The van der Waals surface area contributed by atoms with Crippen LogP contribution in [0.3, 0.4) is 0 Å². The maximum absolute atomic E-state index is 10.6. The van der Waals surface area contributed by atoms with E-state index in [9.17, 15) is 9.59 Å². The van der Waals surface area contributed by atoms with Crippen molar-refractivity contribution in [2.75, 3.05) is 0 Å². The number of rotatable bonds is 2. The summed E-state index contributed by atoms with van der Waals surface area (Å²) in [5.74, 6) is 0.242. The molecular weight excluding hydrogens is 457 g/mol. The second-order valence-corrected chi connectivity index (χ2v) is 3.84. The van der Waals surface area contributed by atoms with E-state index in [-0.39, 0.29) is 87.4 Å². The molecule has 0 N–H and O–H groups in total. The standard InChI is InChI=1S/2C8H8O.4ClH.Zr/c2*1-7(9)8-5-3-2-4-6-8;;;;;/h2*2-6H,1H3;4*1H;/q;;;;;;+4/p-4. The van der Waals surface area contributed by atoms with Crippen LogP contribution >= 0.6 is 0 Å². The van der Waals surface area contributed by atoms with Crippen LogP contribution in [0.2, 0.25) is 0 Å². The SMILES string of the molecule is CC(=O)c1ccccc1.CC(=O)c1ccccc1.[Cl-].[Cl-].[Cl-].[Cl-].[Zr+4]. The van der Waals surface area contributed by atoms with E-state index in [2.05, 4.69) is 0 Å². The van der Waals surface area contributed by atoms with E-state index in [0.717, 1.165) is 11.1 Å². The molecule has 0 aliphatic heterocycles. The number of ketones is 2. The van der Waals surface area contributed by atoms with Crippen molar-refractivity contribution in [2.45, 2.75) is 13.8 Å². The van der Waals surface area contributed by atoms with Crippen molar-refractivity contribution < 1.29 is 85.4 Å². The fourth-order valence-corrected chi connectivity index (χ4v) is 1.35. The monoisotopic (exact) mass is 470 g/mol. The van der Waals surface area contributed by atoms with E-state index < -0.39 is 0 Å². The molecule has 0 unspecified atom stereocenters. The molecule has 0 bridgehead atoms. The molecule has 124 valence electrons. The zero-order valence-corrected chi connectivity index (χ0v) is 18.1. The Morgan fingerprint density at radius 3 is 0.913 bits per heavy atom. The average Bonchev–Trinajstić information content (AvgIpc) is 2.41. The smallest absolute Gasteiger partial charge is 1.00 e. The maximum atomic E-state index is 10.6. The minimum atomic E-state index is 0. The average molecular weight is 473 g/mol. The molecular formula is C16H16Cl4O2Zr. The fourth-order valence-electron chi connectivity index (χ4n) is 1.35. The van der Waals surface area contributed by atoms with Crippen molar-refractivity contribution >= 4 is 11.6 Å². The third-order valence-electron chi connectivity index (χ3n) is 2.36. The van der Waals surface area contributed by atoms with Crippen LogP contribution in [0.4, 0.5) is 0 Å². The van der Waals surface area contributed by atoms with Gasteiger partial charge in [0, 0.05) is 11.1 Å². The molecule has 2 aromatic rings. The van der Waals surface area contributed by atoms with E-state index in [1.165, 1.54) is 0 Å². The first-order chi connectivity index (χ1) is 8.61. The largest absolute Gasteiger partial charge is 4.00 e. The fraction of sp³-hybridized carbons (Fsp3) is 0.125. The molecule has 0 spiro atoms. The molecule has 0 aromatic heterocycles. The van der Waals surface area contributed by atoms with Crippen molar-refractivity contribution in [3.8, 4) is 0 Å². The first kappa shape index (κ1) is 34.2. The Balaban J connectivity index is -0.0000000771. The predicted molar refractivity (Wildman–Crippen MR) is 72.9 cm³/mol. The summed E-state index contributed by atoms with van der Waals surface area (Å²) in [5.41, 5.74) is 1.55. The van der Waals surface area contributed by atoms with Crippen molar-refractivity contribution in [1.82, 2.24) is 0 Å². The van der Waals surface area contributed by atoms with Gasteiger partial charge in [0.1, 0.15) is 0 Å². The van der Waals surface area contributed by atoms with Gasteiger partial charge in [0.25, 0.3) is 0 Å². The number of carbonyl (C=O) groups excluding carboxylic acids is 2. The molecule has 23 heavy (non-hydrogen) atoms. The third-order valence-corrected chi connectivity index (χ3v) is 2.36. The topological polar surface area (TPSA) is 34.1 Å². The molecule has 7 heteroatoms. The number of Topliss-reactive ketones (excluding diaryl/α,β-unsaturated/α-hetero) is 2. The molecule has 0 saturated carbocycles. The van der Waals surface area contributed by atoms with Gasteiger partial charge in [-0.2, -0.15) is 0 Å². The zero-order chi connectivity index (χ0) is 13.4. The van der Waals surface area contributed by atoms with E-state index in [1.54, 1.807) is 13.8 Å². The molecule has 0 atom stereocenters. The van der Waals surface area contributed by atoms with Crippen molar-refractivity contribution in [2.24, 2.45) is 0 Å². The molecule has 0 aliphatic rings. The van der Waals surface area contributed by atoms with Gasteiger partial charge >= 0.3 is 26.2 Å². The molecule has 0 saturated heterocycles. The summed E-state index contributed by atoms with van der Waals surface area (Å²) < 4.78 is 0. The van der Waals surface area contributed by atoms with Gasteiger partial charge in [0.2, 0.25) is 0 Å². The minimum Gasteiger partial charge on any atom is -1.00 e. The third kappa shape index (κ3) is 15.1. The minimum absolute atomic E-state index is 0. The van der Waals surface area contributed by atoms with Crippen LogP contribution in [0, 0.1) is 0 Å². The van der Waals surface area contributed by atoms with Crippen LogP contribution in [0.1, 0.15) is 34.6 Å². The summed E-state index contributed by atoms with van der Waals surface area (Å²) in [6.45, 7) is 3.13.